The van der Waals surface area contributed by atoms with E-state index < -0.39 is 0 Å². The zero-order valence-corrected chi connectivity index (χ0v) is 15.6. The summed E-state index contributed by atoms with van der Waals surface area (Å²) in [6.45, 7) is 8.46. The highest BCUT2D eigenvalue weighted by molar-refractivity contribution is 5.10. The first-order valence-corrected chi connectivity index (χ1v) is 9.74. The second kappa shape index (κ2) is 8.33. The lowest BCUT2D eigenvalue weighted by Crippen LogP contribution is -2.37. The normalized spacial score (nSPS) is 22.1. The van der Waals surface area contributed by atoms with E-state index in [1.807, 2.05) is 19.1 Å². The van der Waals surface area contributed by atoms with Gasteiger partial charge in [-0.05, 0) is 49.9 Å². The van der Waals surface area contributed by atoms with Crippen LogP contribution in [-0.2, 0) is 29.2 Å². The maximum absolute atomic E-state index is 6.30. The van der Waals surface area contributed by atoms with Crippen LogP contribution in [0.1, 0.15) is 29.9 Å². The highest BCUT2D eigenvalue weighted by Crippen LogP contribution is 2.21. The molecule has 0 spiro atoms. The molecule has 26 heavy (non-hydrogen) atoms. The molecule has 0 aliphatic carbocycles. The highest BCUT2D eigenvalue weighted by Gasteiger charge is 2.25. The molecule has 4 rings (SSSR count). The Balaban J connectivity index is 1.41. The Morgan fingerprint density at radius 2 is 2.04 bits per heavy atom. The number of hydrogen-bond acceptors (Lipinski definition) is 4. The number of fused-ring (bicyclic) bond motifs is 1. The predicted molar refractivity (Wildman–Crippen MR) is 101 cm³/mol. The Labute approximate surface area is 155 Å². The number of ether oxygens (including phenoxy) is 2. The molecule has 0 bridgehead atoms. The standard InChI is InChI=1S/C21H29N3O2/c1-17-4-2-5-19(22-17)16-26-21-14-23(12-18-7-10-25-11-8-18)13-20-6-3-9-24(20)15-21/h2-6,9,18,21H,7-8,10-16H2,1H3/t21-/m0/s1. The second-order valence-electron chi connectivity index (χ2n) is 7.61. The van der Waals surface area contributed by atoms with Crippen LogP contribution < -0.4 is 0 Å². The summed E-state index contributed by atoms with van der Waals surface area (Å²) < 4.78 is 14.2. The lowest BCUT2D eigenvalue weighted by atomic mass is 9.99. The van der Waals surface area contributed by atoms with E-state index in [1.54, 1.807) is 0 Å². The Hall–Kier alpha value is -1.69. The summed E-state index contributed by atoms with van der Waals surface area (Å²) in [5.41, 5.74) is 3.44. The molecule has 5 heteroatoms. The molecule has 140 valence electrons. The Bertz CT molecular complexity index is 709. The van der Waals surface area contributed by atoms with Gasteiger partial charge in [0.1, 0.15) is 0 Å². The van der Waals surface area contributed by atoms with Gasteiger partial charge in [0, 0.05) is 57.0 Å². The summed E-state index contributed by atoms with van der Waals surface area (Å²) in [4.78, 5) is 7.14. The molecule has 2 aromatic heterocycles. The number of hydrogen-bond donors (Lipinski definition) is 0. The molecule has 2 aliphatic heterocycles. The van der Waals surface area contributed by atoms with Gasteiger partial charge in [-0.25, -0.2) is 0 Å². The lowest BCUT2D eigenvalue weighted by Gasteiger charge is -2.30. The van der Waals surface area contributed by atoms with Crippen LogP contribution in [0.3, 0.4) is 0 Å². The van der Waals surface area contributed by atoms with Crippen LogP contribution >= 0.6 is 0 Å². The fourth-order valence-electron chi connectivity index (χ4n) is 4.05. The lowest BCUT2D eigenvalue weighted by molar-refractivity contribution is -0.000972. The second-order valence-corrected chi connectivity index (χ2v) is 7.61. The quantitative estimate of drug-likeness (QED) is 0.827. The zero-order chi connectivity index (χ0) is 17.8. The molecule has 0 unspecified atom stereocenters. The number of aromatic nitrogens is 2. The van der Waals surface area contributed by atoms with Crippen LogP contribution in [0.5, 0.6) is 0 Å². The smallest absolute Gasteiger partial charge is 0.0893 e. The van der Waals surface area contributed by atoms with Gasteiger partial charge >= 0.3 is 0 Å². The van der Waals surface area contributed by atoms with Crippen molar-refractivity contribution >= 4 is 0 Å². The first-order valence-electron chi connectivity index (χ1n) is 9.74. The van der Waals surface area contributed by atoms with Crippen molar-refractivity contribution in [1.29, 1.82) is 0 Å². The summed E-state index contributed by atoms with van der Waals surface area (Å²) in [6, 6.07) is 10.5. The van der Waals surface area contributed by atoms with Crippen molar-refractivity contribution in [3.63, 3.8) is 0 Å². The third-order valence-electron chi connectivity index (χ3n) is 5.44. The van der Waals surface area contributed by atoms with Gasteiger partial charge in [0.2, 0.25) is 0 Å². The Morgan fingerprint density at radius 1 is 1.15 bits per heavy atom. The first-order chi connectivity index (χ1) is 12.8. The monoisotopic (exact) mass is 355 g/mol. The molecule has 4 heterocycles. The predicted octanol–water partition coefficient (Wildman–Crippen LogP) is 3.02. The van der Waals surface area contributed by atoms with Gasteiger partial charge in [-0.3, -0.25) is 9.88 Å². The minimum atomic E-state index is 0.186. The summed E-state index contributed by atoms with van der Waals surface area (Å²) >= 11 is 0. The van der Waals surface area contributed by atoms with Crippen molar-refractivity contribution in [1.82, 2.24) is 14.5 Å². The average molecular weight is 355 g/mol. The number of rotatable bonds is 5. The Kier molecular flexibility index (Phi) is 5.68. The van der Waals surface area contributed by atoms with E-state index in [9.17, 15) is 0 Å². The zero-order valence-electron chi connectivity index (χ0n) is 15.6. The van der Waals surface area contributed by atoms with Gasteiger partial charge in [0.05, 0.1) is 18.4 Å². The van der Waals surface area contributed by atoms with Crippen LogP contribution in [0.15, 0.2) is 36.5 Å². The number of pyridine rings is 1. The minimum Gasteiger partial charge on any atom is -0.381 e. The topological polar surface area (TPSA) is 39.5 Å². The summed E-state index contributed by atoms with van der Waals surface area (Å²) in [6.07, 6.45) is 4.71. The average Bonchev–Trinajstić information content (AvgIpc) is 3.00. The molecule has 1 fully saturated rings. The van der Waals surface area contributed by atoms with Crippen molar-refractivity contribution in [2.75, 3.05) is 26.3 Å². The fraction of sp³-hybridized carbons (Fsp3) is 0.571. The largest absolute Gasteiger partial charge is 0.381 e. The van der Waals surface area contributed by atoms with E-state index in [2.05, 4.69) is 38.8 Å². The van der Waals surface area contributed by atoms with E-state index in [0.717, 1.165) is 56.7 Å². The number of aryl methyl sites for hydroxylation is 1. The van der Waals surface area contributed by atoms with Gasteiger partial charge in [0.15, 0.2) is 0 Å². The van der Waals surface area contributed by atoms with Crippen molar-refractivity contribution < 1.29 is 9.47 Å². The van der Waals surface area contributed by atoms with Crippen LogP contribution in [0.4, 0.5) is 0 Å². The van der Waals surface area contributed by atoms with E-state index in [4.69, 9.17) is 9.47 Å². The summed E-state index contributed by atoms with van der Waals surface area (Å²) in [5, 5.41) is 0. The van der Waals surface area contributed by atoms with E-state index in [1.165, 1.54) is 18.5 Å². The summed E-state index contributed by atoms with van der Waals surface area (Å²) in [7, 11) is 0. The van der Waals surface area contributed by atoms with Gasteiger partial charge < -0.3 is 14.0 Å². The van der Waals surface area contributed by atoms with E-state index in [-0.39, 0.29) is 6.10 Å². The van der Waals surface area contributed by atoms with Crippen molar-refractivity contribution in [3.8, 4) is 0 Å². The number of nitrogens with zero attached hydrogens (tertiary/aromatic N) is 3. The molecule has 0 aromatic carbocycles. The molecular weight excluding hydrogens is 326 g/mol. The summed E-state index contributed by atoms with van der Waals surface area (Å²) in [5.74, 6) is 0.740. The first kappa shape index (κ1) is 17.7. The van der Waals surface area contributed by atoms with Crippen LogP contribution in [-0.4, -0.2) is 46.9 Å². The van der Waals surface area contributed by atoms with E-state index in [0.29, 0.717) is 6.61 Å². The molecule has 2 aromatic rings. The van der Waals surface area contributed by atoms with Crippen LogP contribution in [0, 0.1) is 12.8 Å². The van der Waals surface area contributed by atoms with Crippen LogP contribution in [0.25, 0.3) is 0 Å². The van der Waals surface area contributed by atoms with E-state index >= 15 is 0 Å². The maximum Gasteiger partial charge on any atom is 0.0893 e. The minimum absolute atomic E-state index is 0.186. The SMILES string of the molecule is Cc1cccc(CO[C@H]2CN(CC3CCOCC3)Cc3cccn3C2)n1. The highest BCUT2D eigenvalue weighted by atomic mass is 16.5. The molecule has 1 saturated heterocycles. The van der Waals surface area contributed by atoms with Gasteiger partial charge in [-0.15, -0.1) is 0 Å². The third kappa shape index (κ3) is 4.53. The molecule has 2 aliphatic rings. The molecule has 1 atom stereocenters. The molecule has 5 nitrogen and oxygen atoms in total. The molecule has 0 N–H and O–H groups in total. The van der Waals surface area contributed by atoms with Crippen molar-refractivity contribution in [2.45, 2.75) is 45.6 Å². The van der Waals surface area contributed by atoms with Gasteiger partial charge in [0.25, 0.3) is 0 Å². The van der Waals surface area contributed by atoms with Gasteiger partial charge in [-0.1, -0.05) is 6.07 Å². The fourth-order valence-corrected chi connectivity index (χ4v) is 4.05. The van der Waals surface area contributed by atoms with Crippen molar-refractivity contribution in [2.24, 2.45) is 5.92 Å². The molecule has 0 amide bonds. The van der Waals surface area contributed by atoms with Crippen LogP contribution in [0.2, 0.25) is 0 Å². The Morgan fingerprint density at radius 3 is 2.88 bits per heavy atom. The molecular formula is C21H29N3O2. The van der Waals surface area contributed by atoms with Crippen molar-refractivity contribution in [3.05, 3.63) is 53.6 Å². The molecule has 0 radical (unpaired) electrons. The molecule has 0 saturated carbocycles. The third-order valence-corrected chi connectivity index (χ3v) is 5.44. The van der Waals surface area contributed by atoms with Gasteiger partial charge in [-0.2, -0.15) is 0 Å². The maximum atomic E-state index is 6.30.